The molecule has 0 aromatic carbocycles. The minimum atomic E-state index is -0.318. The number of halogens is 1. The summed E-state index contributed by atoms with van der Waals surface area (Å²) < 4.78 is 15.2. The second-order valence-corrected chi connectivity index (χ2v) is 5.26. The van der Waals surface area contributed by atoms with E-state index < -0.39 is 0 Å². The van der Waals surface area contributed by atoms with Crippen molar-refractivity contribution in [2.75, 3.05) is 26.2 Å². The van der Waals surface area contributed by atoms with E-state index in [-0.39, 0.29) is 12.3 Å². The van der Waals surface area contributed by atoms with Gasteiger partial charge in [0.1, 0.15) is 0 Å². The smallest absolute Gasteiger partial charge is 0.305 e. The van der Waals surface area contributed by atoms with Gasteiger partial charge in [-0.15, -0.1) is 0 Å². The van der Waals surface area contributed by atoms with Gasteiger partial charge in [-0.25, -0.2) is 0 Å². The highest BCUT2D eigenvalue weighted by Gasteiger charge is 2.09. The lowest BCUT2D eigenvalue weighted by Crippen LogP contribution is -2.16. The Morgan fingerprint density at radius 3 is 2.16 bits per heavy atom. The highest BCUT2D eigenvalue weighted by Crippen LogP contribution is 2.07. The van der Waals surface area contributed by atoms with Crippen LogP contribution in [0.4, 0.5) is 0 Å². The Kier molecular flexibility index (Phi) is 14.2. The fourth-order valence-corrected chi connectivity index (χ4v) is 2.13. The van der Waals surface area contributed by atoms with Crippen LogP contribution in [-0.2, 0) is 19.0 Å². The Morgan fingerprint density at radius 2 is 1.58 bits per heavy atom. The normalized spacial score (nSPS) is 10.9. The van der Waals surface area contributed by atoms with Crippen LogP contribution in [0.1, 0.15) is 51.4 Å². The zero-order valence-electron chi connectivity index (χ0n) is 12.2. The first-order valence-corrected chi connectivity index (χ1v) is 8.14. The summed E-state index contributed by atoms with van der Waals surface area (Å²) in [6, 6.07) is 0. The molecule has 0 fully saturated rings. The summed E-state index contributed by atoms with van der Waals surface area (Å²) in [7, 11) is 3.13. The van der Waals surface area contributed by atoms with Gasteiger partial charge in [-0.3, -0.25) is 4.79 Å². The van der Waals surface area contributed by atoms with E-state index in [4.69, 9.17) is 14.2 Å². The second-order valence-electron chi connectivity index (χ2n) is 4.47. The molecule has 0 unspecified atom stereocenters. The number of alkyl halides is 1. The van der Waals surface area contributed by atoms with Crippen LogP contribution in [0.3, 0.4) is 0 Å². The van der Waals surface area contributed by atoms with Crippen molar-refractivity contribution in [3.05, 3.63) is 0 Å². The average Bonchev–Trinajstić information content (AvgIpc) is 2.43. The molecular weight excluding hydrogens is 312 g/mol. The van der Waals surface area contributed by atoms with Crippen molar-refractivity contribution in [3.8, 4) is 0 Å². The Labute approximate surface area is 125 Å². The Morgan fingerprint density at radius 1 is 1.00 bits per heavy atom. The van der Waals surface area contributed by atoms with Gasteiger partial charge in [0.25, 0.3) is 0 Å². The van der Waals surface area contributed by atoms with E-state index in [1.807, 2.05) is 0 Å². The van der Waals surface area contributed by atoms with E-state index in [9.17, 15) is 4.79 Å². The van der Waals surface area contributed by atoms with Crippen LogP contribution in [0.5, 0.6) is 0 Å². The molecule has 0 aromatic rings. The standard InChI is InChI=1S/C14H27BrO4/c1-17-14(18-2)10-9-13(16)19-12-8-6-4-3-5-7-11-15/h14H,3-12H2,1-2H3. The molecule has 0 rings (SSSR count). The predicted molar refractivity (Wildman–Crippen MR) is 79.5 cm³/mol. The van der Waals surface area contributed by atoms with E-state index >= 15 is 0 Å². The maximum atomic E-state index is 11.4. The third-order valence-electron chi connectivity index (χ3n) is 2.90. The minimum absolute atomic E-state index is 0.168. The van der Waals surface area contributed by atoms with Gasteiger partial charge in [-0.1, -0.05) is 41.6 Å². The summed E-state index contributed by atoms with van der Waals surface area (Å²) in [5, 5.41) is 1.09. The van der Waals surface area contributed by atoms with Gasteiger partial charge >= 0.3 is 5.97 Å². The Balaban J connectivity index is 3.29. The summed E-state index contributed by atoms with van der Waals surface area (Å²) in [6.07, 6.45) is 7.67. The number of carbonyl (C=O) groups excluding carboxylic acids is 1. The number of hydrogen-bond donors (Lipinski definition) is 0. The van der Waals surface area contributed by atoms with Gasteiger partial charge in [0.15, 0.2) is 6.29 Å². The maximum Gasteiger partial charge on any atom is 0.305 e. The summed E-state index contributed by atoms with van der Waals surface area (Å²) in [5.41, 5.74) is 0. The van der Waals surface area contributed by atoms with Crippen molar-refractivity contribution in [1.29, 1.82) is 0 Å². The molecular formula is C14H27BrO4. The maximum absolute atomic E-state index is 11.4. The van der Waals surface area contributed by atoms with Crippen LogP contribution in [0, 0.1) is 0 Å². The second kappa shape index (κ2) is 14.3. The fourth-order valence-electron chi connectivity index (χ4n) is 1.73. The molecule has 0 N–H and O–H groups in total. The molecule has 0 spiro atoms. The summed E-state index contributed by atoms with van der Waals surface area (Å²) >= 11 is 3.42. The number of rotatable bonds is 13. The molecule has 114 valence electrons. The van der Waals surface area contributed by atoms with Gasteiger partial charge in [-0.2, -0.15) is 0 Å². The summed E-state index contributed by atoms with van der Waals surface area (Å²) in [4.78, 5) is 11.4. The Bertz CT molecular complexity index is 208. The van der Waals surface area contributed by atoms with Gasteiger partial charge in [0, 0.05) is 26.0 Å². The van der Waals surface area contributed by atoms with Crippen molar-refractivity contribution in [2.45, 2.75) is 57.7 Å². The average molecular weight is 339 g/mol. The molecule has 0 heterocycles. The summed E-state index contributed by atoms with van der Waals surface area (Å²) in [6.45, 7) is 0.530. The topological polar surface area (TPSA) is 44.8 Å². The first kappa shape index (κ1) is 18.9. The minimum Gasteiger partial charge on any atom is -0.466 e. The largest absolute Gasteiger partial charge is 0.466 e. The molecule has 0 radical (unpaired) electrons. The van der Waals surface area contributed by atoms with Crippen molar-refractivity contribution < 1.29 is 19.0 Å². The van der Waals surface area contributed by atoms with Gasteiger partial charge in [0.2, 0.25) is 0 Å². The van der Waals surface area contributed by atoms with E-state index in [1.165, 1.54) is 25.7 Å². The van der Waals surface area contributed by atoms with Crippen molar-refractivity contribution in [1.82, 2.24) is 0 Å². The molecule has 0 aliphatic heterocycles. The number of carbonyl (C=O) groups is 1. The molecule has 0 atom stereocenters. The van der Waals surface area contributed by atoms with Crippen molar-refractivity contribution in [3.63, 3.8) is 0 Å². The van der Waals surface area contributed by atoms with E-state index in [1.54, 1.807) is 14.2 Å². The lowest BCUT2D eigenvalue weighted by atomic mass is 10.1. The molecule has 0 saturated heterocycles. The predicted octanol–water partition coefficient (Wildman–Crippen LogP) is 3.66. The van der Waals surface area contributed by atoms with Crippen LogP contribution in [-0.4, -0.2) is 38.4 Å². The molecule has 0 amide bonds. The van der Waals surface area contributed by atoms with E-state index in [0.717, 1.165) is 18.2 Å². The number of unbranched alkanes of at least 4 members (excludes halogenated alkanes) is 5. The van der Waals surface area contributed by atoms with E-state index in [2.05, 4.69) is 15.9 Å². The molecule has 4 nitrogen and oxygen atoms in total. The number of hydrogen-bond acceptors (Lipinski definition) is 4. The Hall–Kier alpha value is -0.130. The van der Waals surface area contributed by atoms with Crippen LogP contribution < -0.4 is 0 Å². The quantitative estimate of drug-likeness (QED) is 0.222. The molecule has 0 bridgehead atoms. The van der Waals surface area contributed by atoms with Crippen LogP contribution >= 0.6 is 15.9 Å². The SMILES string of the molecule is COC(CCC(=O)OCCCCCCCCBr)OC. The highest BCUT2D eigenvalue weighted by atomic mass is 79.9. The first-order chi connectivity index (χ1) is 9.24. The fraction of sp³-hybridized carbons (Fsp3) is 0.929. The number of methoxy groups -OCH3 is 2. The zero-order chi connectivity index (χ0) is 14.3. The molecule has 5 heteroatoms. The molecule has 0 aliphatic carbocycles. The van der Waals surface area contributed by atoms with Crippen LogP contribution in [0.2, 0.25) is 0 Å². The summed E-state index contributed by atoms with van der Waals surface area (Å²) in [5.74, 6) is -0.168. The van der Waals surface area contributed by atoms with Crippen LogP contribution in [0.15, 0.2) is 0 Å². The van der Waals surface area contributed by atoms with Gasteiger partial charge in [0.05, 0.1) is 13.0 Å². The third kappa shape index (κ3) is 12.6. The third-order valence-corrected chi connectivity index (χ3v) is 3.46. The molecule has 0 aromatic heterocycles. The number of esters is 1. The molecule has 0 saturated carbocycles. The first-order valence-electron chi connectivity index (χ1n) is 7.01. The highest BCUT2D eigenvalue weighted by molar-refractivity contribution is 9.09. The monoisotopic (exact) mass is 338 g/mol. The number of ether oxygens (including phenoxy) is 3. The lowest BCUT2D eigenvalue weighted by molar-refractivity contribution is -0.148. The van der Waals surface area contributed by atoms with Gasteiger partial charge < -0.3 is 14.2 Å². The zero-order valence-corrected chi connectivity index (χ0v) is 13.7. The van der Waals surface area contributed by atoms with Crippen molar-refractivity contribution in [2.24, 2.45) is 0 Å². The molecule has 19 heavy (non-hydrogen) atoms. The van der Waals surface area contributed by atoms with E-state index in [0.29, 0.717) is 19.4 Å². The molecule has 0 aliphatic rings. The van der Waals surface area contributed by atoms with Crippen molar-refractivity contribution >= 4 is 21.9 Å². The van der Waals surface area contributed by atoms with Crippen LogP contribution in [0.25, 0.3) is 0 Å². The van der Waals surface area contributed by atoms with Gasteiger partial charge in [-0.05, 0) is 12.8 Å². The lowest BCUT2D eigenvalue weighted by Gasteiger charge is -2.12.